The number of hydrogen-bond donors (Lipinski definition) is 2. The lowest BCUT2D eigenvalue weighted by atomic mass is 9.87. The monoisotopic (exact) mass is 474 g/mol. The summed E-state index contributed by atoms with van der Waals surface area (Å²) in [6.07, 6.45) is 2.94. The van der Waals surface area contributed by atoms with E-state index in [0.29, 0.717) is 12.2 Å². The smallest absolute Gasteiger partial charge is 0.407 e. The molecule has 2 aromatic carbocycles. The molecule has 1 atom stereocenters. The van der Waals surface area contributed by atoms with Crippen LogP contribution in [0.25, 0.3) is 11.1 Å². The van der Waals surface area contributed by atoms with E-state index in [-0.39, 0.29) is 17.9 Å². The molecule has 5 rings (SSSR count). The van der Waals surface area contributed by atoms with E-state index >= 15 is 0 Å². The normalized spacial score (nSPS) is 16.8. The lowest BCUT2D eigenvalue weighted by Crippen LogP contribution is -2.34. The average Bonchev–Trinajstić information content (AvgIpc) is 3.33. The predicted octanol–water partition coefficient (Wildman–Crippen LogP) is 4.52. The van der Waals surface area contributed by atoms with Gasteiger partial charge >= 0.3 is 12.1 Å². The van der Waals surface area contributed by atoms with Gasteiger partial charge in [-0.05, 0) is 40.5 Å². The number of hydrogen-bond acceptors (Lipinski definition) is 5. The molecular formula is C27H30N4O4. The van der Waals surface area contributed by atoms with Crippen LogP contribution in [0.3, 0.4) is 0 Å². The largest absolute Gasteiger partial charge is 0.480 e. The summed E-state index contributed by atoms with van der Waals surface area (Å²) in [5.41, 5.74) is 4.57. The summed E-state index contributed by atoms with van der Waals surface area (Å²) in [4.78, 5) is 24.4. The zero-order valence-electron chi connectivity index (χ0n) is 20.2. The van der Waals surface area contributed by atoms with E-state index in [1.165, 1.54) is 26.9 Å². The third kappa shape index (κ3) is 4.29. The molecule has 3 aromatic rings. The number of nitrogens with zero attached hydrogens (tertiary/aromatic N) is 3. The van der Waals surface area contributed by atoms with Gasteiger partial charge in [0, 0.05) is 17.9 Å². The summed E-state index contributed by atoms with van der Waals surface area (Å²) in [5.74, 6) is -0.941. The summed E-state index contributed by atoms with van der Waals surface area (Å²) < 4.78 is 7.07. The Morgan fingerprint density at radius 3 is 2.26 bits per heavy atom. The van der Waals surface area contributed by atoms with Gasteiger partial charge in [0.1, 0.15) is 6.61 Å². The Morgan fingerprint density at radius 2 is 1.71 bits per heavy atom. The minimum Gasteiger partial charge on any atom is -0.480 e. The lowest BCUT2D eigenvalue weighted by Gasteiger charge is -2.26. The number of carbonyl (C=O) groups excluding carboxylic acids is 1. The standard InChI is InChI=1S/C27H30N4O4/c1-26(2,3)23(24(32)33)31-14-22(29-30-31)27(12-13-27)16-28-25(34)35-15-21-19-10-6-4-8-17(19)18-9-5-7-11-20(18)21/h4-11,14,21,23H,12-13,15-16H2,1-3H3,(H,28,34)(H,32,33). The van der Waals surface area contributed by atoms with Crippen molar-refractivity contribution >= 4 is 12.1 Å². The van der Waals surface area contributed by atoms with E-state index in [1.807, 2.05) is 45.0 Å². The van der Waals surface area contributed by atoms with Crippen molar-refractivity contribution in [1.29, 1.82) is 0 Å². The number of ether oxygens (including phenoxy) is 1. The summed E-state index contributed by atoms with van der Waals surface area (Å²) >= 11 is 0. The number of aliphatic carboxylic acids is 1. The molecular weight excluding hydrogens is 444 g/mol. The molecule has 182 valence electrons. The maximum absolute atomic E-state index is 12.6. The summed E-state index contributed by atoms with van der Waals surface area (Å²) in [7, 11) is 0. The van der Waals surface area contributed by atoms with E-state index in [0.717, 1.165) is 12.8 Å². The highest BCUT2D eigenvalue weighted by Gasteiger charge is 2.48. The molecule has 1 heterocycles. The Labute approximate surface area is 204 Å². The molecule has 1 amide bonds. The highest BCUT2D eigenvalue weighted by Crippen LogP contribution is 2.47. The predicted molar refractivity (Wildman–Crippen MR) is 130 cm³/mol. The van der Waals surface area contributed by atoms with Crippen LogP contribution in [0.4, 0.5) is 4.79 Å². The fourth-order valence-corrected chi connectivity index (χ4v) is 5.09. The van der Waals surface area contributed by atoms with Gasteiger partial charge in [-0.15, -0.1) is 5.10 Å². The molecule has 1 saturated carbocycles. The number of carboxylic acids is 1. The number of alkyl carbamates (subject to hydrolysis) is 1. The second-order valence-electron chi connectivity index (χ2n) is 10.7. The summed E-state index contributed by atoms with van der Waals surface area (Å²) in [6.45, 7) is 6.21. The molecule has 0 radical (unpaired) electrons. The minimum absolute atomic E-state index is 0.00767. The maximum Gasteiger partial charge on any atom is 0.407 e. The molecule has 2 N–H and O–H groups in total. The second-order valence-corrected chi connectivity index (χ2v) is 10.7. The van der Waals surface area contributed by atoms with Crippen molar-refractivity contribution in [2.24, 2.45) is 5.41 Å². The first-order valence-electron chi connectivity index (χ1n) is 11.9. The van der Waals surface area contributed by atoms with Gasteiger partial charge < -0.3 is 15.2 Å². The zero-order valence-corrected chi connectivity index (χ0v) is 20.2. The Kier molecular flexibility index (Phi) is 5.62. The number of amides is 1. The molecule has 35 heavy (non-hydrogen) atoms. The first kappa shape index (κ1) is 23.1. The molecule has 0 aliphatic heterocycles. The van der Waals surface area contributed by atoms with Gasteiger partial charge in [0.25, 0.3) is 0 Å². The molecule has 2 aliphatic carbocycles. The number of carboxylic acid groups (broad SMARTS) is 1. The maximum atomic E-state index is 12.6. The van der Waals surface area contributed by atoms with E-state index < -0.39 is 23.5 Å². The number of nitrogens with one attached hydrogen (secondary N) is 1. The van der Waals surface area contributed by atoms with E-state index in [4.69, 9.17) is 4.74 Å². The van der Waals surface area contributed by atoms with Crippen LogP contribution in [0, 0.1) is 5.41 Å². The Morgan fingerprint density at radius 1 is 1.11 bits per heavy atom. The molecule has 8 heteroatoms. The molecule has 1 unspecified atom stereocenters. The Bertz CT molecular complexity index is 1230. The third-order valence-corrected chi connectivity index (χ3v) is 7.14. The van der Waals surface area contributed by atoms with Crippen molar-refractivity contribution in [2.45, 2.75) is 51.0 Å². The molecule has 1 fully saturated rings. The van der Waals surface area contributed by atoms with Gasteiger partial charge in [-0.25, -0.2) is 14.3 Å². The number of carbonyl (C=O) groups is 2. The number of fused-ring (bicyclic) bond motifs is 3. The first-order chi connectivity index (χ1) is 16.7. The number of rotatable bonds is 7. The van der Waals surface area contributed by atoms with E-state index in [9.17, 15) is 14.7 Å². The van der Waals surface area contributed by atoms with Crippen molar-refractivity contribution < 1.29 is 19.4 Å². The first-order valence-corrected chi connectivity index (χ1v) is 11.9. The molecule has 0 saturated heterocycles. The van der Waals surface area contributed by atoms with E-state index in [1.54, 1.807) is 6.20 Å². The third-order valence-electron chi connectivity index (χ3n) is 7.14. The highest BCUT2D eigenvalue weighted by molar-refractivity contribution is 5.79. The quantitative estimate of drug-likeness (QED) is 0.521. The van der Waals surface area contributed by atoms with Crippen molar-refractivity contribution in [3.05, 3.63) is 71.5 Å². The number of aromatic nitrogens is 3. The topological polar surface area (TPSA) is 106 Å². The van der Waals surface area contributed by atoms with Crippen molar-refractivity contribution in [2.75, 3.05) is 13.2 Å². The Hall–Kier alpha value is -3.68. The van der Waals surface area contributed by atoms with Crippen LogP contribution in [0.5, 0.6) is 0 Å². The molecule has 1 aromatic heterocycles. The fraction of sp³-hybridized carbons (Fsp3) is 0.407. The van der Waals surface area contributed by atoms with Gasteiger partial charge in [-0.3, -0.25) is 0 Å². The second kappa shape index (κ2) is 8.52. The van der Waals surface area contributed by atoms with Crippen molar-refractivity contribution in [3.8, 4) is 11.1 Å². The molecule has 0 spiro atoms. The highest BCUT2D eigenvalue weighted by atomic mass is 16.5. The van der Waals surface area contributed by atoms with Crippen LogP contribution in [-0.2, 0) is 14.9 Å². The molecule has 2 aliphatic rings. The SMILES string of the molecule is CC(C)(C)C(C(=O)O)n1cc(C2(CNC(=O)OCC3c4ccccc4-c4ccccc43)CC2)nn1. The number of benzene rings is 2. The van der Waals surface area contributed by atoms with Crippen LogP contribution >= 0.6 is 0 Å². The molecule has 8 nitrogen and oxygen atoms in total. The molecule has 0 bridgehead atoms. The van der Waals surface area contributed by atoms with Crippen molar-refractivity contribution in [1.82, 2.24) is 20.3 Å². The lowest BCUT2D eigenvalue weighted by molar-refractivity contribution is -0.144. The van der Waals surface area contributed by atoms with E-state index in [2.05, 4.69) is 39.9 Å². The van der Waals surface area contributed by atoms with Crippen molar-refractivity contribution in [3.63, 3.8) is 0 Å². The van der Waals surface area contributed by atoms with Crippen LogP contribution in [0.15, 0.2) is 54.7 Å². The fourth-order valence-electron chi connectivity index (χ4n) is 5.09. The van der Waals surface area contributed by atoms with Gasteiger partial charge in [-0.2, -0.15) is 0 Å². The van der Waals surface area contributed by atoms with Gasteiger partial charge in [0.15, 0.2) is 6.04 Å². The van der Waals surface area contributed by atoms with Crippen LogP contribution in [-0.4, -0.2) is 45.3 Å². The summed E-state index contributed by atoms with van der Waals surface area (Å²) in [6, 6.07) is 15.6. The summed E-state index contributed by atoms with van der Waals surface area (Å²) in [5, 5.41) is 20.9. The Balaban J connectivity index is 1.22. The van der Waals surface area contributed by atoms with Gasteiger partial charge in [-0.1, -0.05) is 74.5 Å². The zero-order chi connectivity index (χ0) is 24.8. The van der Waals surface area contributed by atoms with Crippen LogP contribution in [0.1, 0.15) is 62.4 Å². The average molecular weight is 475 g/mol. The minimum atomic E-state index is -0.949. The van der Waals surface area contributed by atoms with Crippen LogP contribution < -0.4 is 5.32 Å². The van der Waals surface area contributed by atoms with Gasteiger partial charge in [0.05, 0.1) is 11.9 Å². The van der Waals surface area contributed by atoms with Gasteiger partial charge in [0.2, 0.25) is 0 Å². The van der Waals surface area contributed by atoms with Crippen LogP contribution in [0.2, 0.25) is 0 Å².